The van der Waals surface area contributed by atoms with E-state index in [0.717, 1.165) is 13.1 Å². The quantitative estimate of drug-likeness (QED) is 0.593. The fourth-order valence-electron chi connectivity index (χ4n) is 1.44. The average molecular weight is 154 g/mol. The molecule has 1 N–H and O–H groups in total. The zero-order chi connectivity index (χ0) is 8.10. The van der Waals surface area contributed by atoms with Crippen molar-refractivity contribution in [1.29, 1.82) is 0 Å². The highest BCUT2D eigenvalue weighted by molar-refractivity contribution is 4.92. The maximum Gasteiger partial charge on any atom is 0.0187 e. The van der Waals surface area contributed by atoms with E-state index >= 15 is 0 Å². The summed E-state index contributed by atoms with van der Waals surface area (Å²) in [5.41, 5.74) is 1.27. The SMILES string of the molecule is C=C(C)CN1CCCNCC1. The summed E-state index contributed by atoms with van der Waals surface area (Å²) in [7, 11) is 0. The summed E-state index contributed by atoms with van der Waals surface area (Å²) in [4.78, 5) is 2.46. The van der Waals surface area contributed by atoms with Crippen molar-refractivity contribution in [2.75, 3.05) is 32.7 Å². The highest BCUT2D eigenvalue weighted by atomic mass is 15.1. The molecule has 1 aliphatic rings. The van der Waals surface area contributed by atoms with E-state index in [1.165, 1.54) is 31.6 Å². The largest absolute Gasteiger partial charge is 0.315 e. The molecule has 1 rings (SSSR count). The lowest BCUT2D eigenvalue weighted by Crippen LogP contribution is -2.29. The summed E-state index contributed by atoms with van der Waals surface area (Å²) in [5, 5.41) is 3.38. The minimum Gasteiger partial charge on any atom is -0.315 e. The summed E-state index contributed by atoms with van der Waals surface area (Å²) in [6.07, 6.45) is 1.27. The lowest BCUT2D eigenvalue weighted by Gasteiger charge is -2.18. The molecule has 2 heteroatoms. The molecule has 1 fully saturated rings. The maximum atomic E-state index is 3.92. The van der Waals surface area contributed by atoms with Gasteiger partial charge in [0.1, 0.15) is 0 Å². The Morgan fingerprint density at radius 1 is 1.45 bits per heavy atom. The zero-order valence-electron chi connectivity index (χ0n) is 7.40. The lowest BCUT2D eigenvalue weighted by molar-refractivity contribution is 0.317. The summed E-state index contributed by atoms with van der Waals surface area (Å²) < 4.78 is 0. The van der Waals surface area contributed by atoms with Gasteiger partial charge in [0.05, 0.1) is 0 Å². The molecule has 0 bridgehead atoms. The van der Waals surface area contributed by atoms with Gasteiger partial charge in [-0.2, -0.15) is 0 Å². The Labute approximate surface area is 69.3 Å². The molecule has 0 aliphatic carbocycles. The first-order valence-electron chi connectivity index (χ1n) is 4.36. The van der Waals surface area contributed by atoms with Crippen LogP contribution >= 0.6 is 0 Å². The summed E-state index contributed by atoms with van der Waals surface area (Å²) >= 11 is 0. The van der Waals surface area contributed by atoms with E-state index in [4.69, 9.17) is 0 Å². The van der Waals surface area contributed by atoms with Gasteiger partial charge in [-0.25, -0.2) is 0 Å². The van der Waals surface area contributed by atoms with Gasteiger partial charge in [0.25, 0.3) is 0 Å². The highest BCUT2D eigenvalue weighted by Crippen LogP contribution is 1.98. The van der Waals surface area contributed by atoms with Crippen molar-refractivity contribution in [3.8, 4) is 0 Å². The van der Waals surface area contributed by atoms with Crippen molar-refractivity contribution in [3.63, 3.8) is 0 Å². The van der Waals surface area contributed by atoms with E-state index in [1.807, 2.05) is 0 Å². The smallest absolute Gasteiger partial charge is 0.0187 e. The van der Waals surface area contributed by atoms with Crippen LogP contribution in [0.2, 0.25) is 0 Å². The maximum absolute atomic E-state index is 3.92. The summed E-state index contributed by atoms with van der Waals surface area (Å²) in [6.45, 7) is 11.8. The Morgan fingerprint density at radius 2 is 2.27 bits per heavy atom. The molecule has 0 saturated carbocycles. The molecule has 1 heterocycles. The van der Waals surface area contributed by atoms with Crippen LogP contribution in [0.25, 0.3) is 0 Å². The van der Waals surface area contributed by atoms with E-state index in [1.54, 1.807) is 0 Å². The van der Waals surface area contributed by atoms with Gasteiger partial charge in [-0.1, -0.05) is 12.2 Å². The van der Waals surface area contributed by atoms with E-state index in [0.29, 0.717) is 0 Å². The molecule has 64 valence electrons. The van der Waals surface area contributed by atoms with Gasteiger partial charge in [0, 0.05) is 19.6 Å². The van der Waals surface area contributed by atoms with Crippen LogP contribution < -0.4 is 5.32 Å². The standard InChI is InChI=1S/C9H18N2/c1-9(2)8-11-6-3-4-10-5-7-11/h10H,1,3-8H2,2H3. The first kappa shape index (κ1) is 8.75. The van der Waals surface area contributed by atoms with Crippen LogP contribution in [-0.4, -0.2) is 37.6 Å². The highest BCUT2D eigenvalue weighted by Gasteiger charge is 2.06. The molecule has 1 aliphatic heterocycles. The monoisotopic (exact) mass is 154 g/mol. The second-order valence-corrected chi connectivity index (χ2v) is 3.34. The van der Waals surface area contributed by atoms with Gasteiger partial charge in [-0.05, 0) is 26.4 Å². The number of nitrogens with zero attached hydrogens (tertiary/aromatic N) is 1. The molecule has 0 amide bonds. The van der Waals surface area contributed by atoms with E-state index in [9.17, 15) is 0 Å². The number of hydrogen-bond donors (Lipinski definition) is 1. The molecule has 1 saturated heterocycles. The van der Waals surface area contributed by atoms with Crippen LogP contribution in [0.5, 0.6) is 0 Å². The first-order chi connectivity index (χ1) is 5.29. The van der Waals surface area contributed by atoms with E-state index < -0.39 is 0 Å². The fourth-order valence-corrected chi connectivity index (χ4v) is 1.44. The Balaban J connectivity index is 2.25. The molecule has 0 aromatic carbocycles. The van der Waals surface area contributed by atoms with Crippen LogP contribution in [0.15, 0.2) is 12.2 Å². The molecule has 0 atom stereocenters. The van der Waals surface area contributed by atoms with Crippen LogP contribution in [0.1, 0.15) is 13.3 Å². The Morgan fingerprint density at radius 3 is 3.00 bits per heavy atom. The van der Waals surface area contributed by atoms with Crippen molar-refractivity contribution in [2.24, 2.45) is 0 Å². The van der Waals surface area contributed by atoms with Gasteiger partial charge < -0.3 is 5.32 Å². The zero-order valence-corrected chi connectivity index (χ0v) is 7.40. The minimum atomic E-state index is 1.07. The van der Waals surface area contributed by atoms with E-state index in [-0.39, 0.29) is 0 Å². The topological polar surface area (TPSA) is 15.3 Å². The van der Waals surface area contributed by atoms with Crippen molar-refractivity contribution < 1.29 is 0 Å². The second kappa shape index (κ2) is 4.52. The first-order valence-corrected chi connectivity index (χ1v) is 4.36. The normalized spacial score (nSPS) is 21.2. The molecular weight excluding hydrogens is 136 g/mol. The molecule has 0 unspecified atom stereocenters. The third-order valence-corrected chi connectivity index (χ3v) is 1.93. The Bertz CT molecular complexity index is 124. The summed E-state index contributed by atoms with van der Waals surface area (Å²) in [5.74, 6) is 0. The predicted molar refractivity (Wildman–Crippen MR) is 48.7 cm³/mol. The van der Waals surface area contributed by atoms with E-state index in [2.05, 4.69) is 23.7 Å². The number of rotatable bonds is 2. The third-order valence-electron chi connectivity index (χ3n) is 1.93. The molecule has 0 aromatic heterocycles. The van der Waals surface area contributed by atoms with Gasteiger partial charge in [0.2, 0.25) is 0 Å². The van der Waals surface area contributed by atoms with Gasteiger partial charge in [-0.15, -0.1) is 0 Å². The Hall–Kier alpha value is -0.340. The van der Waals surface area contributed by atoms with Crippen LogP contribution in [-0.2, 0) is 0 Å². The minimum absolute atomic E-state index is 1.07. The van der Waals surface area contributed by atoms with Gasteiger partial charge in [-0.3, -0.25) is 4.90 Å². The van der Waals surface area contributed by atoms with Gasteiger partial charge in [0.15, 0.2) is 0 Å². The molecule has 0 spiro atoms. The Kier molecular flexibility index (Phi) is 3.60. The van der Waals surface area contributed by atoms with Crippen LogP contribution in [0.4, 0.5) is 0 Å². The molecule has 11 heavy (non-hydrogen) atoms. The summed E-state index contributed by atoms with van der Waals surface area (Å²) in [6, 6.07) is 0. The second-order valence-electron chi connectivity index (χ2n) is 3.34. The van der Waals surface area contributed by atoms with Crippen molar-refractivity contribution in [3.05, 3.63) is 12.2 Å². The predicted octanol–water partition coefficient (Wildman–Crippen LogP) is 0.858. The number of nitrogens with one attached hydrogen (secondary N) is 1. The molecular formula is C9H18N2. The van der Waals surface area contributed by atoms with Crippen LogP contribution in [0.3, 0.4) is 0 Å². The fraction of sp³-hybridized carbons (Fsp3) is 0.778. The molecule has 0 radical (unpaired) electrons. The number of hydrogen-bond acceptors (Lipinski definition) is 2. The third kappa shape index (κ3) is 3.54. The van der Waals surface area contributed by atoms with Gasteiger partial charge >= 0.3 is 0 Å². The average Bonchev–Trinajstić information content (AvgIpc) is 2.14. The van der Waals surface area contributed by atoms with Crippen molar-refractivity contribution >= 4 is 0 Å². The van der Waals surface area contributed by atoms with Crippen molar-refractivity contribution in [1.82, 2.24) is 10.2 Å². The van der Waals surface area contributed by atoms with Crippen molar-refractivity contribution in [2.45, 2.75) is 13.3 Å². The molecule has 2 nitrogen and oxygen atoms in total. The lowest BCUT2D eigenvalue weighted by atomic mass is 10.3. The molecule has 0 aromatic rings. The van der Waals surface area contributed by atoms with Crippen LogP contribution in [0, 0.1) is 0 Å².